The molecule has 2 aromatic carbocycles. The topological polar surface area (TPSA) is 21.3 Å². The fraction of sp³-hybridized carbons (Fsp3) is 0.250. The van der Waals surface area contributed by atoms with Gasteiger partial charge >= 0.3 is 0 Å². The number of hydrogen-bond donors (Lipinski definition) is 1. The van der Waals surface area contributed by atoms with E-state index in [1.807, 2.05) is 43.4 Å². The summed E-state index contributed by atoms with van der Waals surface area (Å²) in [6.07, 6.45) is 0.0146. The largest absolute Gasteiger partial charge is 0.367 e. The molecule has 0 aromatic heterocycles. The summed E-state index contributed by atoms with van der Waals surface area (Å²) >= 11 is 0. The highest BCUT2D eigenvalue weighted by molar-refractivity contribution is 5.29. The van der Waals surface area contributed by atoms with Gasteiger partial charge in [0.2, 0.25) is 0 Å². The summed E-state index contributed by atoms with van der Waals surface area (Å²) in [5, 5.41) is 3.10. The van der Waals surface area contributed by atoms with Crippen molar-refractivity contribution in [2.45, 2.75) is 6.10 Å². The van der Waals surface area contributed by atoms with Gasteiger partial charge in [-0.2, -0.15) is 0 Å². The van der Waals surface area contributed by atoms with Crippen molar-refractivity contribution < 1.29 is 4.74 Å². The zero-order valence-electron chi connectivity index (χ0n) is 10.7. The van der Waals surface area contributed by atoms with Crippen LogP contribution in [0.3, 0.4) is 0 Å². The van der Waals surface area contributed by atoms with E-state index in [1.165, 1.54) is 11.1 Å². The SMILES string of the molecule is CNCCOC(c1ccccc1)c1ccccc1. The molecule has 0 radical (unpaired) electrons. The number of ether oxygens (including phenoxy) is 1. The Labute approximate surface area is 109 Å². The smallest absolute Gasteiger partial charge is 0.108 e. The normalized spacial score (nSPS) is 10.8. The van der Waals surface area contributed by atoms with Gasteiger partial charge < -0.3 is 10.1 Å². The van der Waals surface area contributed by atoms with Crippen molar-refractivity contribution in [2.75, 3.05) is 20.2 Å². The third kappa shape index (κ3) is 3.42. The van der Waals surface area contributed by atoms with Crippen LogP contribution in [0.5, 0.6) is 0 Å². The molecule has 2 rings (SSSR count). The van der Waals surface area contributed by atoms with Gasteiger partial charge in [0, 0.05) is 6.54 Å². The Balaban J connectivity index is 2.18. The van der Waals surface area contributed by atoms with Crippen LogP contribution in [0, 0.1) is 0 Å². The molecule has 2 nitrogen and oxygen atoms in total. The predicted molar refractivity (Wildman–Crippen MR) is 74.6 cm³/mol. The van der Waals surface area contributed by atoms with Gasteiger partial charge in [0.05, 0.1) is 6.61 Å². The number of nitrogens with one attached hydrogen (secondary N) is 1. The lowest BCUT2D eigenvalue weighted by Crippen LogP contribution is -2.17. The number of hydrogen-bond acceptors (Lipinski definition) is 2. The van der Waals surface area contributed by atoms with Crippen LogP contribution >= 0.6 is 0 Å². The summed E-state index contributed by atoms with van der Waals surface area (Å²) in [4.78, 5) is 0. The fourth-order valence-corrected chi connectivity index (χ4v) is 1.92. The van der Waals surface area contributed by atoms with E-state index in [0.29, 0.717) is 6.61 Å². The van der Waals surface area contributed by atoms with Crippen LogP contribution in [0.25, 0.3) is 0 Å². The van der Waals surface area contributed by atoms with E-state index in [-0.39, 0.29) is 6.10 Å². The molecule has 0 heterocycles. The Morgan fingerprint density at radius 1 is 0.889 bits per heavy atom. The Hall–Kier alpha value is -1.64. The first kappa shape index (κ1) is 12.8. The van der Waals surface area contributed by atoms with Crippen molar-refractivity contribution in [3.8, 4) is 0 Å². The van der Waals surface area contributed by atoms with E-state index < -0.39 is 0 Å². The second kappa shape index (κ2) is 6.94. The van der Waals surface area contributed by atoms with Gasteiger partial charge in [0.1, 0.15) is 6.10 Å². The molecule has 0 saturated heterocycles. The van der Waals surface area contributed by atoms with Gasteiger partial charge in [-0.3, -0.25) is 0 Å². The van der Waals surface area contributed by atoms with Crippen molar-refractivity contribution >= 4 is 0 Å². The Bertz CT molecular complexity index is 402. The quantitative estimate of drug-likeness (QED) is 0.785. The summed E-state index contributed by atoms with van der Waals surface area (Å²) in [5.41, 5.74) is 2.39. The van der Waals surface area contributed by atoms with E-state index in [2.05, 4.69) is 29.6 Å². The molecule has 1 N–H and O–H groups in total. The van der Waals surface area contributed by atoms with Crippen LogP contribution in [0.1, 0.15) is 17.2 Å². The molecule has 2 aromatic rings. The minimum Gasteiger partial charge on any atom is -0.367 e. The van der Waals surface area contributed by atoms with Gasteiger partial charge in [-0.15, -0.1) is 0 Å². The summed E-state index contributed by atoms with van der Waals surface area (Å²) in [6, 6.07) is 20.7. The summed E-state index contributed by atoms with van der Waals surface area (Å²) in [6.45, 7) is 1.56. The molecular weight excluding hydrogens is 222 g/mol. The molecule has 0 saturated carbocycles. The van der Waals surface area contributed by atoms with Gasteiger partial charge in [0.15, 0.2) is 0 Å². The zero-order chi connectivity index (χ0) is 12.6. The molecule has 0 aliphatic carbocycles. The molecule has 2 heteroatoms. The maximum Gasteiger partial charge on any atom is 0.108 e. The van der Waals surface area contributed by atoms with E-state index >= 15 is 0 Å². The number of benzene rings is 2. The monoisotopic (exact) mass is 241 g/mol. The lowest BCUT2D eigenvalue weighted by atomic mass is 10.0. The van der Waals surface area contributed by atoms with E-state index in [0.717, 1.165) is 6.54 Å². The molecule has 94 valence electrons. The Kier molecular flexibility index (Phi) is 4.94. The standard InChI is InChI=1S/C16H19NO/c1-17-12-13-18-16(14-8-4-2-5-9-14)15-10-6-3-7-11-15/h2-11,16-17H,12-13H2,1H3. The van der Waals surface area contributed by atoms with Crippen molar-refractivity contribution in [1.29, 1.82) is 0 Å². The highest BCUT2D eigenvalue weighted by Gasteiger charge is 2.13. The average Bonchev–Trinajstić information content (AvgIpc) is 2.46. The average molecular weight is 241 g/mol. The summed E-state index contributed by atoms with van der Waals surface area (Å²) < 4.78 is 5.99. The van der Waals surface area contributed by atoms with Crippen LogP contribution < -0.4 is 5.32 Å². The number of likely N-dealkylation sites (N-methyl/N-ethyl adjacent to an activating group) is 1. The van der Waals surface area contributed by atoms with Gasteiger partial charge in [-0.05, 0) is 18.2 Å². The molecule has 0 bridgehead atoms. The minimum absolute atomic E-state index is 0.0146. The second-order valence-electron chi connectivity index (χ2n) is 4.18. The molecular formula is C16H19NO. The van der Waals surface area contributed by atoms with Crippen LogP contribution in [0.4, 0.5) is 0 Å². The fourth-order valence-electron chi connectivity index (χ4n) is 1.92. The van der Waals surface area contributed by atoms with E-state index in [9.17, 15) is 0 Å². The molecule has 0 aliphatic rings. The van der Waals surface area contributed by atoms with Crippen LogP contribution in [0.15, 0.2) is 60.7 Å². The maximum atomic E-state index is 5.99. The summed E-state index contributed by atoms with van der Waals surface area (Å²) in [7, 11) is 1.93. The molecule has 18 heavy (non-hydrogen) atoms. The van der Waals surface area contributed by atoms with Crippen molar-refractivity contribution in [1.82, 2.24) is 5.32 Å². The lowest BCUT2D eigenvalue weighted by molar-refractivity contribution is 0.0831. The minimum atomic E-state index is 0.0146. The van der Waals surface area contributed by atoms with Gasteiger partial charge in [-0.1, -0.05) is 60.7 Å². The van der Waals surface area contributed by atoms with Crippen molar-refractivity contribution in [2.24, 2.45) is 0 Å². The number of rotatable bonds is 6. The predicted octanol–water partition coefficient (Wildman–Crippen LogP) is 3.01. The highest BCUT2D eigenvalue weighted by atomic mass is 16.5. The molecule has 0 amide bonds. The molecule has 0 fully saturated rings. The Morgan fingerprint density at radius 2 is 1.39 bits per heavy atom. The molecule has 0 unspecified atom stereocenters. The van der Waals surface area contributed by atoms with Crippen molar-refractivity contribution in [3.05, 3.63) is 71.8 Å². The maximum absolute atomic E-state index is 5.99. The Morgan fingerprint density at radius 3 is 1.83 bits per heavy atom. The van der Waals surface area contributed by atoms with Gasteiger partial charge in [-0.25, -0.2) is 0 Å². The zero-order valence-corrected chi connectivity index (χ0v) is 10.7. The van der Waals surface area contributed by atoms with Crippen LogP contribution in [-0.2, 0) is 4.74 Å². The van der Waals surface area contributed by atoms with Gasteiger partial charge in [0.25, 0.3) is 0 Å². The first-order valence-electron chi connectivity index (χ1n) is 6.28. The molecule has 0 spiro atoms. The highest BCUT2D eigenvalue weighted by Crippen LogP contribution is 2.25. The van der Waals surface area contributed by atoms with E-state index in [1.54, 1.807) is 0 Å². The van der Waals surface area contributed by atoms with Crippen LogP contribution in [0.2, 0.25) is 0 Å². The third-order valence-corrected chi connectivity index (χ3v) is 2.84. The lowest BCUT2D eigenvalue weighted by Gasteiger charge is -2.18. The summed E-state index contributed by atoms with van der Waals surface area (Å²) in [5.74, 6) is 0. The first-order valence-corrected chi connectivity index (χ1v) is 6.28. The molecule has 0 atom stereocenters. The second-order valence-corrected chi connectivity index (χ2v) is 4.18. The molecule has 0 aliphatic heterocycles. The van der Waals surface area contributed by atoms with Crippen molar-refractivity contribution in [3.63, 3.8) is 0 Å². The third-order valence-electron chi connectivity index (χ3n) is 2.84. The van der Waals surface area contributed by atoms with Crippen LogP contribution in [-0.4, -0.2) is 20.2 Å². The first-order chi connectivity index (χ1) is 8.92. The van der Waals surface area contributed by atoms with E-state index in [4.69, 9.17) is 4.74 Å².